The Bertz CT molecular complexity index is 922. The van der Waals surface area contributed by atoms with E-state index >= 15 is 0 Å². The largest absolute Gasteiger partial charge is 0.756 e. The van der Waals surface area contributed by atoms with Gasteiger partial charge in [0.15, 0.2) is 0 Å². The topological polar surface area (TPSA) is 108 Å². The Kier molecular flexibility index (Phi) is 35.9. The average Bonchev–Trinajstić information content (AvgIpc) is 3.10. The Labute approximate surface area is 328 Å². The molecule has 53 heavy (non-hydrogen) atoms. The molecule has 8 nitrogen and oxygen atoms in total. The molecule has 0 aromatic heterocycles. The van der Waals surface area contributed by atoms with Crippen molar-refractivity contribution in [3.05, 3.63) is 24.3 Å². The molecule has 314 valence electrons. The van der Waals surface area contributed by atoms with Crippen LogP contribution in [0.25, 0.3) is 0 Å². The smallest absolute Gasteiger partial charge is 0.268 e. The molecule has 0 aromatic carbocycles. The van der Waals surface area contributed by atoms with Crippen molar-refractivity contribution in [2.45, 2.75) is 212 Å². The minimum Gasteiger partial charge on any atom is -0.756 e. The van der Waals surface area contributed by atoms with E-state index in [1.165, 1.54) is 128 Å². The highest BCUT2D eigenvalue weighted by Gasteiger charge is 2.23. The number of phosphoric acid groups is 1. The fraction of sp³-hybridized carbons (Fsp3) is 0.886. The summed E-state index contributed by atoms with van der Waals surface area (Å²) in [7, 11) is 1.24. The van der Waals surface area contributed by atoms with Gasteiger partial charge in [-0.2, -0.15) is 0 Å². The van der Waals surface area contributed by atoms with Crippen molar-refractivity contribution in [3.8, 4) is 0 Å². The molecule has 0 aliphatic heterocycles. The maximum Gasteiger partial charge on any atom is 0.268 e. The first kappa shape index (κ1) is 52.0. The van der Waals surface area contributed by atoms with Crippen molar-refractivity contribution in [2.75, 3.05) is 40.9 Å². The zero-order valence-corrected chi connectivity index (χ0v) is 36.4. The van der Waals surface area contributed by atoms with E-state index in [0.29, 0.717) is 17.4 Å². The maximum absolute atomic E-state index is 12.6. The first-order valence-electron chi connectivity index (χ1n) is 22.2. The third-order valence-electron chi connectivity index (χ3n) is 9.91. The fourth-order valence-electron chi connectivity index (χ4n) is 6.34. The number of quaternary nitrogens is 1. The van der Waals surface area contributed by atoms with Gasteiger partial charge in [0, 0.05) is 6.42 Å². The lowest BCUT2D eigenvalue weighted by Crippen LogP contribution is -2.45. The predicted octanol–water partition coefficient (Wildman–Crippen LogP) is 11.5. The number of carbonyl (C=O) groups excluding carboxylic acids is 1. The maximum atomic E-state index is 12.6. The Morgan fingerprint density at radius 1 is 0.642 bits per heavy atom. The van der Waals surface area contributed by atoms with Crippen LogP contribution in [0.2, 0.25) is 0 Å². The molecule has 3 atom stereocenters. The lowest BCUT2D eigenvalue weighted by Gasteiger charge is -2.29. The number of likely N-dealkylation sites (N-methyl/N-ethyl adjacent to an activating group) is 1. The number of allylic oxidation sites excluding steroid dienone is 3. The van der Waals surface area contributed by atoms with E-state index in [1.54, 1.807) is 6.08 Å². The van der Waals surface area contributed by atoms with Gasteiger partial charge in [-0.3, -0.25) is 9.36 Å². The molecular formula is C44H87N2O6P. The van der Waals surface area contributed by atoms with E-state index in [1.807, 2.05) is 27.2 Å². The molecule has 0 radical (unpaired) electrons. The Balaban J connectivity index is 4.10. The molecule has 2 N–H and O–H groups in total. The van der Waals surface area contributed by atoms with E-state index in [0.717, 1.165) is 51.4 Å². The van der Waals surface area contributed by atoms with Gasteiger partial charge >= 0.3 is 0 Å². The summed E-state index contributed by atoms with van der Waals surface area (Å²) in [6.45, 7) is 4.53. The lowest BCUT2D eigenvalue weighted by molar-refractivity contribution is -0.870. The van der Waals surface area contributed by atoms with Crippen molar-refractivity contribution in [2.24, 2.45) is 0 Å². The summed E-state index contributed by atoms with van der Waals surface area (Å²) in [5, 5.41) is 13.6. The Morgan fingerprint density at radius 2 is 1.06 bits per heavy atom. The van der Waals surface area contributed by atoms with E-state index in [2.05, 4.69) is 31.3 Å². The average molecular weight is 771 g/mol. The monoisotopic (exact) mass is 771 g/mol. The second-order valence-corrected chi connectivity index (χ2v) is 17.8. The van der Waals surface area contributed by atoms with Crippen LogP contribution in [0, 0.1) is 0 Å². The van der Waals surface area contributed by atoms with Gasteiger partial charge in [0.1, 0.15) is 13.2 Å². The van der Waals surface area contributed by atoms with Crippen molar-refractivity contribution in [1.29, 1.82) is 0 Å². The number of hydrogen-bond acceptors (Lipinski definition) is 6. The summed E-state index contributed by atoms with van der Waals surface area (Å²) in [5.74, 6) is -0.220. The Morgan fingerprint density at radius 3 is 1.53 bits per heavy atom. The van der Waals surface area contributed by atoms with Gasteiger partial charge in [0.2, 0.25) is 5.91 Å². The van der Waals surface area contributed by atoms with Gasteiger partial charge in [-0.05, 0) is 32.1 Å². The number of hydrogen-bond donors (Lipinski definition) is 2. The van der Waals surface area contributed by atoms with Gasteiger partial charge in [-0.15, -0.1) is 0 Å². The number of amides is 1. The summed E-state index contributed by atoms with van der Waals surface area (Å²) < 4.78 is 23.0. The summed E-state index contributed by atoms with van der Waals surface area (Å²) in [6.07, 6.45) is 42.9. The standard InChI is InChI=1S/C44H87N2O6P/c1-6-8-10-12-13-14-15-16-17-18-19-20-21-22-23-24-25-26-27-28-29-30-31-32-34-35-37-43(47)42(45-44(48)38-36-33-11-9-7-2)41-52-53(49,50)51-40-39-46(3,4)5/h30-31,35,37,42-43,47H,6-29,32-34,36,38-41H2,1-5H3,(H-,45,48,49,50)/b31-30+,37-35+. The van der Waals surface area contributed by atoms with Crippen molar-refractivity contribution < 1.29 is 32.9 Å². The third kappa shape index (κ3) is 39.0. The highest BCUT2D eigenvalue weighted by atomic mass is 31.2. The van der Waals surface area contributed by atoms with Crippen molar-refractivity contribution in [1.82, 2.24) is 5.32 Å². The molecule has 0 rings (SSSR count). The van der Waals surface area contributed by atoms with Crippen LogP contribution in [0.1, 0.15) is 200 Å². The first-order valence-corrected chi connectivity index (χ1v) is 23.7. The molecule has 0 saturated heterocycles. The number of unbranched alkanes of at least 4 members (excludes halogenated alkanes) is 25. The van der Waals surface area contributed by atoms with Gasteiger partial charge in [0.05, 0.1) is 39.9 Å². The third-order valence-corrected chi connectivity index (χ3v) is 10.9. The summed E-state index contributed by atoms with van der Waals surface area (Å²) >= 11 is 0. The molecule has 9 heteroatoms. The van der Waals surface area contributed by atoms with Crippen LogP contribution in [0.4, 0.5) is 0 Å². The van der Waals surface area contributed by atoms with Crippen LogP contribution < -0.4 is 10.2 Å². The number of phosphoric ester groups is 1. The quantitative estimate of drug-likeness (QED) is 0.0278. The molecule has 3 unspecified atom stereocenters. The molecule has 0 spiro atoms. The molecule has 0 fully saturated rings. The van der Waals surface area contributed by atoms with E-state index < -0.39 is 26.6 Å². The number of nitrogens with one attached hydrogen (secondary N) is 1. The van der Waals surface area contributed by atoms with Gasteiger partial charge in [-0.1, -0.05) is 186 Å². The highest BCUT2D eigenvalue weighted by Crippen LogP contribution is 2.38. The molecular weight excluding hydrogens is 683 g/mol. The fourth-order valence-corrected chi connectivity index (χ4v) is 7.07. The summed E-state index contributed by atoms with van der Waals surface area (Å²) in [5.41, 5.74) is 0. The molecule has 0 aromatic rings. The molecule has 0 heterocycles. The highest BCUT2D eigenvalue weighted by molar-refractivity contribution is 7.45. The lowest BCUT2D eigenvalue weighted by atomic mass is 10.0. The normalized spacial score (nSPS) is 14.6. The summed E-state index contributed by atoms with van der Waals surface area (Å²) in [6, 6.07) is -0.895. The van der Waals surface area contributed by atoms with Crippen LogP contribution in [-0.4, -0.2) is 68.5 Å². The minimum absolute atomic E-state index is 0.00533. The van der Waals surface area contributed by atoms with E-state index in [-0.39, 0.29) is 12.5 Å². The predicted molar refractivity (Wildman–Crippen MR) is 224 cm³/mol. The number of aliphatic hydroxyl groups is 1. The number of rotatable bonds is 40. The van der Waals surface area contributed by atoms with Crippen LogP contribution in [0.3, 0.4) is 0 Å². The second kappa shape index (κ2) is 36.6. The van der Waals surface area contributed by atoms with Crippen LogP contribution >= 0.6 is 7.82 Å². The zero-order valence-electron chi connectivity index (χ0n) is 35.5. The van der Waals surface area contributed by atoms with E-state index in [4.69, 9.17) is 9.05 Å². The van der Waals surface area contributed by atoms with E-state index in [9.17, 15) is 19.4 Å². The van der Waals surface area contributed by atoms with Crippen LogP contribution in [0.15, 0.2) is 24.3 Å². The van der Waals surface area contributed by atoms with Crippen molar-refractivity contribution >= 4 is 13.7 Å². The van der Waals surface area contributed by atoms with Crippen LogP contribution in [-0.2, 0) is 18.4 Å². The molecule has 0 aliphatic carbocycles. The molecule has 0 bridgehead atoms. The second-order valence-electron chi connectivity index (χ2n) is 16.4. The number of aliphatic hydroxyl groups excluding tert-OH is 1. The zero-order chi connectivity index (χ0) is 39.3. The van der Waals surface area contributed by atoms with Gasteiger partial charge < -0.3 is 28.8 Å². The van der Waals surface area contributed by atoms with Gasteiger partial charge in [0.25, 0.3) is 7.82 Å². The molecule has 0 saturated carbocycles. The molecule has 0 aliphatic rings. The SMILES string of the molecule is CCCCCCCCCCCCCCCCCCCCCC/C=C/CC/C=C/C(O)C(COP(=O)([O-])OCC[N+](C)(C)C)NC(=O)CCCCCCC. The molecule has 1 amide bonds. The van der Waals surface area contributed by atoms with Gasteiger partial charge in [-0.25, -0.2) is 0 Å². The van der Waals surface area contributed by atoms with Crippen molar-refractivity contribution in [3.63, 3.8) is 0 Å². The summed E-state index contributed by atoms with van der Waals surface area (Å²) in [4.78, 5) is 24.9. The number of nitrogens with zero attached hydrogens (tertiary/aromatic N) is 1. The van der Waals surface area contributed by atoms with Crippen LogP contribution in [0.5, 0.6) is 0 Å². The first-order chi connectivity index (χ1) is 25.5. The Hall–Kier alpha value is -1.02. The number of carbonyl (C=O) groups is 1. The minimum atomic E-state index is -4.58.